The van der Waals surface area contributed by atoms with Crippen molar-refractivity contribution in [3.05, 3.63) is 29.0 Å². The summed E-state index contributed by atoms with van der Waals surface area (Å²) in [4.78, 5) is 14.4. The van der Waals surface area contributed by atoms with Crippen LogP contribution in [0.3, 0.4) is 0 Å². The van der Waals surface area contributed by atoms with Gasteiger partial charge >= 0.3 is 0 Å². The number of nitrogens with zero attached hydrogens (tertiary/aromatic N) is 2. The Morgan fingerprint density at radius 2 is 2.04 bits per heavy atom. The third-order valence-electron chi connectivity index (χ3n) is 3.79. The number of carbonyl (C=O) groups is 1. The smallest absolute Gasteiger partial charge is 0.246 e. The van der Waals surface area contributed by atoms with Crippen LogP contribution in [-0.4, -0.2) is 57.8 Å². The van der Waals surface area contributed by atoms with Gasteiger partial charge in [0, 0.05) is 13.1 Å². The molecule has 0 aromatic heterocycles. The van der Waals surface area contributed by atoms with E-state index in [0.717, 1.165) is 16.6 Å². The molecule has 9 heteroatoms. The van der Waals surface area contributed by atoms with Gasteiger partial charge in [-0.1, -0.05) is 18.5 Å². The molecule has 1 unspecified atom stereocenters. The summed E-state index contributed by atoms with van der Waals surface area (Å²) in [5.41, 5.74) is 0.164. The lowest BCUT2D eigenvalue weighted by Gasteiger charge is -2.35. The molecule has 0 saturated carbocycles. The van der Waals surface area contributed by atoms with Crippen LogP contribution in [0.1, 0.15) is 13.3 Å². The lowest BCUT2D eigenvalue weighted by Crippen LogP contribution is -2.53. The molecule has 6 nitrogen and oxygen atoms in total. The van der Waals surface area contributed by atoms with Crippen molar-refractivity contribution < 1.29 is 22.3 Å². The summed E-state index contributed by atoms with van der Waals surface area (Å²) in [5, 5.41) is -0.199. The zero-order valence-corrected chi connectivity index (χ0v) is 15.1. The highest BCUT2D eigenvalue weighted by Crippen LogP contribution is 2.28. The van der Waals surface area contributed by atoms with Gasteiger partial charge in [-0.3, -0.25) is 9.10 Å². The maximum absolute atomic E-state index is 13.4. The van der Waals surface area contributed by atoms with Gasteiger partial charge in [0.1, 0.15) is 11.9 Å². The van der Waals surface area contributed by atoms with Gasteiger partial charge in [0.25, 0.3) is 0 Å². The van der Waals surface area contributed by atoms with Crippen molar-refractivity contribution in [2.45, 2.75) is 19.4 Å². The summed E-state index contributed by atoms with van der Waals surface area (Å²) >= 11 is 5.78. The minimum atomic E-state index is -3.77. The number of hydrogen-bond acceptors (Lipinski definition) is 4. The van der Waals surface area contributed by atoms with E-state index in [1.807, 2.05) is 0 Å². The van der Waals surface area contributed by atoms with Crippen LogP contribution in [0.5, 0.6) is 0 Å². The standard InChI is InChI=1S/C15H20ClFN2O4S/c1-3-14(15(20)18-6-8-23-9-7-18)19(24(2,21)22)11-4-5-13(17)12(16)10-11/h4-5,10,14H,3,6-9H2,1-2H3. The zero-order chi connectivity index (χ0) is 17.9. The Bertz CT molecular complexity index is 707. The second kappa shape index (κ2) is 7.67. The van der Waals surface area contributed by atoms with Gasteiger partial charge in [-0.2, -0.15) is 0 Å². The van der Waals surface area contributed by atoms with Crippen LogP contribution in [-0.2, 0) is 19.6 Å². The fourth-order valence-electron chi connectivity index (χ4n) is 2.66. The zero-order valence-electron chi connectivity index (χ0n) is 13.5. The largest absolute Gasteiger partial charge is 0.378 e. The lowest BCUT2D eigenvalue weighted by molar-refractivity contribution is -0.136. The Balaban J connectivity index is 2.41. The van der Waals surface area contributed by atoms with Crippen LogP contribution in [0.15, 0.2) is 18.2 Å². The van der Waals surface area contributed by atoms with Gasteiger partial charge in [-0.15, -0.1) is 0 Å². The third kappa shape index (κ3) is 4.17. The van der Waals surface area contributed by atoms with E-state index < -0.39 is 21.9 Å². The van der Waals surface area contributed by atoms with Crippen LogP contribution < -0.4 is 4.31 Å². The van der Waals surface area contributed by atoms with Crippen LogP contribution in [0.25, 0.3) is 0 Å². The summed E-state index contributed by atoms with van der Waals surface area (Å²) in [6.45, 7) is 3.40. The predicted molar refractivity (Wildman–Crippen MR) is 90.2 cm³/mol. The predicted octanol–water partition coefficient (Wildman–Crippen LogP) is 1.88. The molecular weight excluding hydrogens is 359 g/mol. The van der Waals surface area contributed by atoms with Crippen molar-refractivity contribution in [2.75, 3.05) is 36.9 Å². The number of ether oxygens (including phenoxy) is 1. The number of carbonyl (C=O) groups excluding carboxylic acids is 1. The van der Waals surface area contributed by atoms with E-state index in [2.05, 4.69) is 0 Å². The fraction of sp³-hybridized carbons (Fsp3) is 0.533. The highest BCUT2D eigenvalue weighted by atomic mass is 35.5. The number of halogens is 2. The molecule has 1 aromatic rings. The topological polar surface area (TPSA) is 66.9 Å². The molecule has 2 rings (SSSR count). The van der Waals surface area contributed by atoms with Crippen molar-refractivity contribution in [2.24, 2.45) is 0 Å². The fourth-order valence-corrected chi connectivity index (χ4v) is 4.03. The SMILES string of the molecule is CCC(C(=O)N1CCOCC1)N(c1ccc(F)c(Cl)c1)S(C)(=O)=O. The second-order valence-electron chi connectivity index (χ2n) is 5.52. The van der Waals surface area contributed by atoms with Gasteiger partial charge < -0.3 is 9.64 Å². The first kappa shape index (κ1) is 19.0. The van der Waals surface area contributed by atoms with E-state index in [0.29, 0.717) is 26.3 Å². The van der Waals surface area contributed by atoms with Gasteiger partial charge in [0.15, 0.2) is 0 Å². The first-order valence-corrected chi connectivity index (χ1v) is 9.79. The number of hydrogen-bond donors (Lipinski definition) is 0. The van der Waals surface area contributed by atoms with Crippen molar-refractivity contribution in [3.8, 4) is 0 Å². The minimum Gasteiger partial charge on any atom is -0.378 e. The van der Waals surface area contributed by atoms with Crippen LogP contribution >= 0.6 is 11.6 Å². The van der Waals surface area contributed by atoms with Gasteiger partial charge in [0.2, 0.25) is 15.9 Å². The molecule has 1 fully saturated rings. The average Bonchev–Trinajstić information content (AvgIpc) is 2.54. The number of sulfonamides is 1. The first-order valence-electron chi connectivity index (χ1n) is 7.56. The molecule has 1 aliphatic rings. The maximum Gasteiger partial charge on any atom is 0.246 e. The molecule has 0 spiro atoms. The second-order valence-corrected chi connectivity index (χ2v) is 7.79. The molecule has 24 heavy (non-hydrogen) atoms. The van der Waals surface area contributed by atoms with E-state index in [4.69, 9.17) is 16.3 Å². The van der Waals surface area contributed by atoms with E-state index in [1.165, 1.54) is 12.1 Å². The summed E-state index contributed by atoms with van der Waals surface area (Å²) < 4.78 is 44.3. The van der Waals surface area contributed by atoms with Crippen molar-refractivity contribution in [1.29, 1.82) is 0 Å². The monoisotopic (exact) mass is 378 g/mol. The van der Waals surface area contributed by atoms with E-state index in [-0.39, 0.29) is 23.0 Å². The molecule has 1 heterocycles. The van der Waals surface area contributed by atoms with Gasteiger partial charge in [-0.25, -0.2) is 12.8 Å². The minimum absolute atomic E-state index is 0.164. The molecule has 1 atom stereocenters. The molecule has 134 valence electrons. The molecule has 1 saturated heterocycles. The maximum atomic E-state index is 13.4. The average molecular weight is 379 g/mol. The highest BCUT2D eigenvalue weighted by molar-refractivity contribution is 7.92. The number of anilines is 1. The summed E-state index contributed by atoms with van der Waals surface area (Å²) in [5.74, 6) is -0.951. The van der Waals surface area contributed by atoms with Crippen molar-refractivity contribution in [3.63, 3.8) is 0 Å². The van der Waals surface area contributed by atoms with Gasteiger partial charge in [-0.05, 0) is 24.6 Å². The van der Waals surface area contributed by atoms with Crippen molar-refractivity contribution >= 4 is 33.2 Å². The number of morpholine rings is 1. The van der Waals surface area contributed by atoms with Crippen LogP contribution in [0.4, 0.5) is 10.1 Å². The number of amides is 1. The van der Waals surface area contributed by atoms with Crippen LogP contribution in [0.2, 0.25) is 5.02 Å². The Morgan fingerprint density at radius 3 is 2.54 bits per heavy atom. The van der Waals surface area contributed by atoms with E-state index >= 15 is 0 Å². The van der Waals surface area contributed by atoms with Crippen LogP contribution in [0, 0.1) is 5.82 Å². The first-order chi connectivity index (χ1) is 11.3. The molecule has 0 radical (unpaired) electrons. The highest BCUT2D eigenvalue weighted by Gasteiger charge is 2.35. The van der Waals surface area contributed by atoms with Gasteiger partial charge in [0.05, 0.1) is 30.2 Å². The summed E-state index contributed by atoms with van der Waals surface area (Å²) in [7, 11) is -3.77. The molecule has 0 bridgehead atoms. The Labute approximate surface area is 146 Å². The third-order valence-corrected chi connectivity index (χ3v) is 5.26. The van der Waals surface area contributed by atoms with E-state index in [9.17, 15) is 17.6 Å². The lowest BCUT2D eigenvalue weighted by atomic mass is 10.1. The summed E-state index contributed by atoms with van der Waals surface area (Å²) in [6, 6.07) is 2.69. The molecule has 1 aliphatic heterocycles. The summed E-state index contributed by atoms with van der Waals surface area (Å²) in [6.07, 6.45) is 1.29. The Morgan fingerprint density at radius 1 is 1.42 bits per heavy atom. The molecular formula is C15H20ClFN2O4S. The molecule has 0 N–H and O–H groups in total. The number of benzene rings is 1. The molecule has 0 aliphatic carbocycles. The van der Waals surface area contributed by atoms with E-state index in [1.54, 1.807) is 11.8 Å². The Kier molecular flexibility index (Phi) is 6.06. The Hall–Kier alpha value is -1.38. The quantitative estimate of drug-likeness (QED) is 0.784. The number of rotatable bonds is 5. The van der Waals surface area contributed by atoms with Crippen molar-refractivity contribution in [1.82, 2.24) is 4.90 Å². The molecule has 1 aromatic carbocycles. The normalized spacial score (nSPS) is 16.8. The molecule has 1 amide bonds.